The number of aromatic nitrogens is 2. The van der Waals surface area contributed by atoms with Gasteiger partial charge >= 0.3 is 6.09 Å². The Morgan fingerprint density at radius 1 is 1.26 bits per heavy atom. The normalized spacial score (nSPS) is 22.9. The highest BCUT2D eigenvalue weighted by molar-refractivity contribution is 6.33. The lowest BCUT2D eigenvalue weighted by atomic mass is 9.62. The van der Waals surface area contributed by atoms with Gasteiger partial charge in [0, 0.05) is 25.2 Å². The average Bonchev–Trinajstić information content (AvgIpc) is 3.14. The topological polar surface area (TPSA) is 75.9 Å². The van der Waals surface area contributed by atoms with Crippen LogP contribution in [0.2, 0.25) is 5.02 Å². The molecular weight excluding hydrogens is 416 g/mol. The number of halogens is 1. The molecule has 1 amide bonds. The van der Waals surface area contributed by atoms with Gasteiger partial charge in [-0.05, 0) is 72.1 Å². The summed E-state index contributed by atoms with van der Waals surface area (Å²) in [5, 5.41) is 3.95. The van der Waals surface area contributed by atoms with Crippen molar-refractivity contribution in [2.24, 2.45) is 17.8 Å². The number of hydrogen-bond acceptors (Lipinski definition) is 5. The van der Waals surface area contributed by atoms with Gasteiger partial charge in [0.1, 0.15) is 17.7 Å². The molecule has 3 aliphatic rings. The van der Waals surface area contributed by atoms with Gasteiger partial charge in [-0.25, -0.2) is 9.78 Å². The first-order chi connectivity index (χ1) is 14.5. The van der Waals surface area contributed by atoms with Gasteiger partial charge in [0.15, 0.2) is 0 Å². The maximum absolute atomic E-state index is 11.8. The molecule has 8 heteroatoms. The summed E-state index contributed by atoms with van der Waals surface area (Å²) in [6.07, 6.45) is 5.67. The van der Waals surface area contributed by atoms with Crippen LogP contribution in [-0.2, 0) is 15.1 Å². The molecule has 2 unspecified atom stereocenters. The van der Waals surface area contributed by atoms with E-state index < -0.39 is 5.60 Å². The van der Waals surface area contributed by atoms with Crippen molar-refractivity contribution in [3.8, 4) is 0 Å². The highest BCUT2D eigenvalue weighted by Crippen LogP contribution is 2.44. The molecular formula is C23H33ClN4O3. The molecule has 2 aromatic heterocycles. The van der Waals surface area contributed by atoms with E-state index in [-0.39, 0.29) is 17.6 Å². The molecule has 3 fully saturated rings. The zero-order valence-electron chi connectivity index (χ0n) is 19.2. The van der Waals surface area contributed by atoms with E-state index in [9.17, 15) is 9.59 Å². The number of ether oxygens (including phenoxy) is 1. The quantitative estimate of drug-likeness (QED) is 0.714. The van der Waals surface area contributed by atoms with Crippen molar-refractivity contribution in [2.75, 3.05) is 20.1 Å². The number of nitrogens with zero attached hydrogens (tertiary/aromatic N) is 3. The summed E-state index contributed by atoms with van der Waals surface area (Å²) < 4.78 is 7.33. The Labute approximate surface area is 189 Å². The first-order valence-electron chi connectivity index (χ1n) is 10.7. The van der Waals surface area contributed by atoms with Crippen molar-refractivity contribution in [3.05, 3.63) is 35.4 Å². The molecule has 170 valence electrons. The van der Waals surface area contributed by atoms with Crippen LogP contribution in [0.3, 0.4) is 0 Å². The fraction of sp³-hybridized carbons (Fsp3) is 0.609. The van der Waals surface area contributed by atoms with Crippen LogP contribution in [0.4, 0.5) is 4.79 Å². The van der Waals surface area contributed by atoms with Crippen LogP contribution in [0.1, 0.15) is 46.9 Å². The van der Waals surface area contributed by atoms with Crippen LogP contribution < -0.4 is 5.32 Å². The summed E-state index contributed by atoms with van der Waals surface area (Å²) in [6.45, 7) is 11.1. The molecule has 1 N–H and O–H groups in total. The Morgan fingerprint density at radius 2 is 1.90 bits per heavy atom. The molecule has 2 saturated heterocycles. The van der Waals surface area contributed by atoms with Gasteiger partial charge < -0.3 is 24.1 Å². The molecule has 1 aliphatic carbocycles. The Hall–Kier alpha value is -2.12. The number of aldehydes is 1. The third-order valence-electron chi connectivity index (χ3n) is 6.12. The minimum Gasteiger partial charge on any atom is -0.444 e. The van der Waals surface area contributed by atoms with Gasteiger partial charge in [-0.15, -0.1) is 0 Å². The maximum atomic E-state index is 11.8. The van der Waals surface area contributed by atoms with Crippen molar-refractivity contribution in [1.82, 2.24) is 19.6 Å². The maximum Gasteiger partial charge on any atom is 0.410 e. The first-order valence-corrected chi connectivity index (χ1v) is 11.1. The van der Waals surface area contributed by atoms with Crippen LogP contribution in [0, 0.1) is 17.8 Å². The number of carbonyl (C=O) groups is 2. The molecule has 0 spiro atoms. The van der Waals surface area contributed by atoms with Crippen molar-refractivity contribution >= 4 is 29.5 Å². The molecule has 1 saturated carbocycles. The van der Waals surface area contributed by atoms with Crippen LogP contribution in [0.5, 0.6) is 0 Å². The van der Waals surface area contributed by atoms with E-state index in [2.05, 4.69) is 24.1 Å². The van der Waals surface area contributed by atoms with E-state index in [1.807, 2.05) is 50.5 Å². The fourth-order valence-electron chi connectivity index (χ4n) is 4.18. The van der Waals surface area contributed by atoms with Crippen LogP contribution in [0.25, 0.3) is 5.52 Å². The van der Waals surface area contributed by atoms with Crippen molar-refractivity contribution < 1.29 is 14.3 Å². The Kier molecular flexibility index (Phi) is 6.67. The largest absolute Gasteiger partial charge is 0.444 e. The summed E-state index contributed by atoms with van der Waals surface area (Å²) in [4.78, 5) is 28.7. The predicted molar refractivity (Wildman–Crippen MR) is 121 cm³/mol. The van der Waals surface area contributed by atoms with E-state index in [1.165, 1.54) is 0 Å². The molecule has 4 heterocycles. The third-order valence-corrected chi connectivity index (χ3v) is 6.44. The molecule has 2 aliphatic heterocycles. The van der Waals surface area contributed by atoms with Gasteiger partial charge in [-0.1, -0.05) is 11.6 Å². The van der Waals surface area contributed by atoms with E-state index in [4.69, 9.17) is 16.3 Å². The van der Waals surface area contributed by atoms with Gasteiger partial charge in [-0.2, -0.15) is 0 Å². The van der Waals surface area contributed by atoms with Crippen molar-refractivity contribution in [2.45, 2.75) is 52.2 Å². The second kappa shape index (κ2) is 8.79. The lowest BCUT2D eigenvalue weighted by Crippen LogP contribution is -2.57. The number of carbonyl (C=O) groups excluding carboxylic acids is 2. The minimum atomic E-state index is -0.442. The zero-order valence-corrected chi connectivity index (χ0v) is 19.9. The average molecular weight is 449 g/mol. The van der Waals surface area contributed by atoms with Crippen molar-refractivity contribution in [1.29, 1.82) is 0 Å². The number of nitrogens with one attached hydrogen (secondary N) is 1. The van der Waals surface area contributed by atoms with Gasteiger partial charge in [0.05, 0.1) is 22.3 Å². The van der Waals surface area contributed by atoms with E-state index >= 15 is 0 Å². The highest BCUT2D eigenvalue weighted by atomic mass is 35.5. The van der Waals surface area contributed by atoms with Gasteiger partial charge in [-0.3, -0.25) is 0 Å². The number of fused-ring (bicyclic) bond motifs is 3. The standard InChI is InChI=1S/C12H19NO3.C11H14ClN3/c1-12(2,3)16-11(15)13-5-8-4-9(6-13)10(8)7-14;1-11(2,13-3)10-14-7-9-8(12)5-4-6-15(9)10/h7-10H,4-6H2,1-3H3;4-7,13H,1-3H3. The number of rotatable bonds is 3. The summed E-state index contributed by atoms with van der Waals surface area (Å²) in [5.74, 6) is 1.87. The SMILES string of the molecule is CC(C)(C)OC(=O)N1CC2CC(C1)C2C=O.CNC(C)(C)c1ncc2c(Cl)cccn12. The number of pyridine rings is 1. The van der Waals surface area contributed by atoms with E-state index in [1.54, 1.807) is 11.1 Å². The number of amides is 1. The summed E-state index contributed by atoms with van der Waals surface area (Å²) in [6, 6.07) is 3.79. The third kappa shape index (κ3) is 5.04. The van der Waals surface area contributed by atoms with Crippen LogP contribution in [-0.4, -0.2) is 52.4 Å². The molecule has 0 aromatic carbocycles. The van der Waals surface area contributed by atoms with E-state index in [0.717, 1.165) is 29.1 Å². The smallest absolute Gasteiger partial charge is 0.410 e. The second-order valence-corrected chi connectivity index (χ2v) is 10.3. The zero-order chi connectivity index (χ0) is 23.0. The molecule has 5 rings (SSSR count). The summed E-state index contributed by atoms with van der Waals surface area (Å²) in [5.41, 5.74) is 0.331. The summed E-state index contributed by atoms with van der Waals surface area (Å²) in [7, 11) is 1.92. The van der Waals surface area contributed by atoms with Crippen LogP contribution in [0.15, 0.2) is 24.5 Å². The predicted octanol–water partition coefficient (Wildman–Crippen LogP) is 4.13. The second-order valence-electron chi connectivity index (χ2n) is 9.92. The minimum absolute atomic E-state index is 0.170. The first kappa shape index (κ1) is 23.5. The Balaban J connectivity index is 0.000000176. The monoisotopic (exact) mass is 448 g/mol. The van der Waals surface area contributed by atoms with Crippen molar-refractivity contribution in [3.63, 3.8) is 0 Å². The number of hydrogen-bond donors (Lipinski definition) is 1. The number of piperidine rings is 2. The molecule has 31 heavy (non-hydrogen) atoms. The molecule has 2 atom stereocenters. The van der Waals surface area contributed by atoms with E-state index in [0.29, 0.717) is 24.9 Å². The van der Waals surface area contributed by atoms with Crippen LogP contribution >= 0.6 is 11.6 Å². The Morgan fingerprint density at radius 3 is 2.45 bits per heavy atom. The lowest BCUT2D eigenvalue weighted by Gasteiger charge is -2.51. The molecule has 7 nitrogen and oxygen atoms in total. The number of imidazole rings is 1. The lowest BCUT2D eigenvalue weighted by molar-refractivity contribution is -0.126. The molecule has 0 radical (unpaired) electrons. The fourth-order valence-corrected chi connectivity index (χ4v) is 4.40. The van der Waals surface area contributed by atoms with Gasteiger partial charge in [0.25, 0.3) is 0 Å². The highest BCUT2D eigenvalue weighted by Gasteiger charge is 2.48. The van der Waals surface area contributed by atoms with Gasteiger partial charge in [0.2, 0.25) is 0 Å². The molecule has 2 aromatic rings. The molecule has 2 bridgehead atoms. The summed E-state index contributed by atoms with van der Waals surface area (Å²) >= 11 is 6.08. The Bertz CT molecular complexity index is 938.